The Morgan fingerprint density at radius 1 is 1.00 bits per heavy atom. The number of nitrogens with one attached hydrogen (secondary N) is 3. The van der Waals surface area contributed by atoms with E-state index in [9.17, 15) is 18.0 Å². The maximum Gasteiger partial charge on any atom is 0.241 e. The Morgan fingerprint density at radius 2 is 1.67 bits per heavy atom. The van der Waals surface area contributed by atoms with E-state index in [4.69, 9.17) is 0 Å². The molecular formula is C19H25N3O4S. The molecule has 1 atom stereocenters. The van der Waals surface area contributed by atoms with E-state index in [0.717, 1.165) is 10.8 Å². The van der Waals surface area contributed by atoms with Crippen molar-refractivity contribution in [3.05, 3.63) is 42.5 Å². The van der Waals surface area contributed by atoms with Crippen molar-refractivity contribution in [2.45, 2.75) is 31.7 Å². The SMILES string of the molecule is CCNC(=O)CNC(=O)C(NS(=O)(=O)c1ccc2ccccc2c1)C(C)C. The normalized spacial score (nSPS) is 12.7. The van der Waals surface area contributed by atoms with Gasteiger partial charge in [0.05, 0.1) is 11.4 Å². The third-order valence-electron chi connectivity index (χ3n) is 4.06. The van der Waals surface area contributed by atoms with Gasteiger partial charge in [-0.15, -0.1) is 0 Å². The van der Waals surface area contributed by atoms with E-state index in [-0.39, 0.29) is 23.3 Å². The molecule has 8 heteroatoms. The van der Waals surface area contributed by atoms with Crippen LogP contribution < -0.4 is 15.4 Å². The first-order chi connectivity index (χ1) is 12.7. The molecule has 0 saturated heterocycles. The van der Waals surface area contributed by atoms with Gasteiger partial charge < -0.3 is 10.6 Å². The van der Waals surface area contributed by atoms with Crippen molar-refractivity contribution >= 4 is 32.6 Å². The number of carbonyl (C=O) groups excluding carboxylic acids is 2. The van der Waals surface area contributed by atoms with E-state index < -0.39 is 22.0 Å². The summed E-state index contributed by atoms with van der Waals surface area (Å²) in [6.45, 7) is 5.50. The van der Waals surface area contributed by atoms with Crippen LogP contribution in [-0.2, 0) is 19.6 Å². The molecule has 0 heterocycles. The molecule has 2 amide bonds. The number of sulfonamides is 1. The van der Waals surface area contributed by atoms with Crippen LogP contribution in [0.3, 0.4) is 0 Å². The molecule has 2 aromatic rings. The second kappa shape index (κ2) is 8.96. The van der Waals surface area contributed by atoms with Crippen molar-refractivity contribution in [2.75, 3.05) is 13.1 Å². The second-order valence-corrected chi connectivity index (χ2v) is 8.24. The molecule has 0 aliphatic heterocycles. The minimum atomic E-state index is -3.90. The van der Waals surface area contributed by atoms with Crippen molar-refractivity contribution in [1.29, 1.82) is 0 Å². The molecule has 7 nitrogen and oxygen atoms in total. The summed E-state index contributed by atoms with van der Waals surface area (Å²) in [5, 5.41) is 6.76. The highest BCUT2D eigenvalue weighted by Gasteiger charge is 2.28. The molecule has 0 saturated carbocycles. The molecule has 2 aromatic carbocycles. The summed E-state index contributed by atoms with van der Waals surface area (Å²) in [5.41, 5.74) is 0. The van der Waals surface area contributed by atoms with E-state index in [1.165, 1.54) is 6.07 Å². The average Bonchev–Trinajstić information content (AvgIpc) is 2.64. The molecule has 2 rings (SSSR count). The number of hydrogen-bond donors (Lipinski definition) is 3. The van der Waals surface area contributed by atoms with E-state index >= 15 is 0 Å². The molecule has 0 bridgehead atoms. The third kappa shape index (κ3) is 5.51. The summed E-state index contributed by atoms with van der Waals surface area (Å²) in [7, 11) is -3.90. The molecule has 0 aliphatic rings. The molecule has 27 heavy (non-hydrogen) atoms. The molecule has 0 aliphatic carbocycles. The van der Waals surface area contributed by atoms with Crippen LogP contribution in [0.4, 0.5) is 0 Å². The number of likely N-dealkylation sites (N-methyl/N-ethyl adjacent to an activating group) is 1. The average molecular weight is 391 g/mol. The Labute approximate surface area is 159 Å². The van der Waals surface area contributed by atoms with Gasteiger partial charge in [-0.1, -0.05) is 44.2 Å². The summed E-state index contributed by atoms with van der Waals surface area (Å²) >= 11 is 0. The summed E-state index contributed by atoms with van der Waals surface area (Å²) in [6.07, 6.45) is 0. The van der Waals surface area contributed by atoms with Crippen molar-refractivity contribution in [3.8, 4) is 0 Å². The van der Waals surface area contributed by atoms with Gasteiger partial charge in [-0.25, -0.2) is 8.42 Å². The topological polar surface area (TPSA) is 104 Å². The summed E-state index contributed by atoms with van der Waals surface area (Å²) < 4.78 is 28.0. The van der Waals surface area contributed by atoms with Crippen molar-refractivity contribution in [3.63, 3.8) is 0 Å². The largest absolute Gasteiger partial charge is 0.355 e. The Kier molecular flexibility index (Phi) is 6.92. The number of fused-ring (bicyclic) bond motifs is 1. The van der Waals surface area contributed by atoms with Crippen molar-refractivity contribution < 1.29 is 18.0 Å². The second-order valence-electron chi connectivity index (χ2n) is 6.52. The first-order valence-electron chi connectivity index (χ1n) is 8.80. The number of hydrogen-bond acceptors (Lipinski definition) is 4. The van der Waals surface area contributed by atoms with Crippen molar-refractivity contribution in [2.24, 2.45) is 5.92 Å². The van der Waals surface area contributed by atoms with Gasteiger partial charge in [0, 0.05) is 6.54 Å². The Hall–Kier alpha value is -2.45. The third-order valence-corrected chi connectivity index (χ3v) is 5.50. The number of rotatable bonds is 8. The van der Waals surface area contributed by atoms with Gasteiger partial charge in [-0.3, -0.25) is 9.59 Å². The number of amides is 2. The van der Waals surface area contributed by atoms with E-state index in [0.29, 0.717) is 6.54 Å². The Balaban J connectivity index is 2.17. The van der Waals surface area contributed by atoms with Crippen LogP contribution in [0.2, 0.25) is 0 Å². The standard InChI is InChI=1S/C19H25N3O4S/c1-4-20-17(23)12-21-19(24)18(13(2)3)22-27(25,26)16-10-9-14-7-5-6-8-15(14)11-16/h5-11,13,18,22H,4,12H2,1-3H3,(H,20,23)(H,21,24). The smallest absolute Gasteiger partial charge is 0.241 e. The highest BCUT2D eigenvalue weighted by molar-refractivity contribution is 7.89. The predicted molar refractivity (Wildman–Crippen MR) is 105 cm³/mol. The Bertz CT molecular complexity index is 925. The van der Waals surface area contributed by atoms with Crippen LogP contribution in [0.25, 0.3) is 10.8 Å². The van der Waals surface area contributed by atoms with Gasteiger partial charge >= 0.3 is 0 Å². The molecule has 3 N–H and O–H groups in total. The van der Waals surface area contributed by atoms with E-state index in [2.05, 4.69) is 15.4 Å². The van der Waals surface area contributed by atoms with Gasteiger partial charge in [-0.05, 0) is 35.7 Å². The molecule has 1 unspecified atom stereocenters. The first-order valence-corrected chi connectivity index (χ1v) is 10.3. The van der Waals surface area contributed by atoms with E-state index in [1.807, 2.05) is 24.3 Å². The fraction of sp³-hybridized carbons (Fsp3) is 0.368. The minimum absolute atomic E-state index is 0.0865. The van der Waals surface area contributed by atoms with Crippen LogP contribution in [0, 0.1) is 5.92 Å². The van der Waals surface area contributed by atoms with Gasteiger partial charge in [0.2, 0.25) is 21.8 Å². The summed E-state index contributed by atoms with van der Waals surface area (Å²) in [4.78, 5) is 24.0. The highest BCUT2D eigenvalue weighted by atomic mass is 32.2. The summed E-state index contributed by atoms with van der Waals surface area (Å²) in [5.74, 6) is -1.17. The maximum atomic E-state index is 12.8. The number of carbonyl (C=O) groups is 2. The van der Waals surface area contributed by atoms with Gasteiger partial charge in [-0.2, -0.15) is 4.72 Å². The molecule has 0 aromatic heterocycles. The van der Waals surface area contributed by atoms with Gasteiger partial charge in [0.15, 0.2) is 0 Å². The first kappa shape index (κ1) is 20.9. The minimum Gasteiger partial charge on any atom is -0.355 e. The molecule has 0 fully saturated rings. The van der Waals surface area contributed by atoms with Crippen LogP contribution in [-0.4, -0.2) is 39.4 Å². The fourth-order valence-corrected chi connectivity index (χ4v) is 3.98. The lowest BCUT2D eigenvalue weighted by atomic mass is 10.1. The zero-order valence-electron chi connectivity index (χ0n) is 15.7. The lowest BCUT2D eigenvalue weighted by Gasteiger charge is -2.21. The van der Waals surface area contributed by atoms with Crippen LogP contribution >= 0.6 is 0 Å². The lowest BCUT2D eigenvalue weighted by Crippen LogP contribution is -2.51. The highest BCUT2D eigenvalue weighted by Crippen LogP contribution is 2.19. The van der Waals surface area contributed by atoms with Gasteiger partial charge in [0.1, 0.15) is 6.04 Å². The van der Waals surface area contributed by atoms with E-state index in [1.54, 1.807) is 32.9 Å². The maximum absolute atomic E-state index is 12.8. The van der Waals surface area contributed by atoms with Crippen LogP contribution in [0.5, 0.6) is 0 Å². The monoisotopic (exact) mass is 391 g/mol. The predicted octanol–water partition coefficient (Wildman–Crippen LogP) is 1.40. The quantitative estimate of drug-likeness (QED) is 0.632. The zero-order valence-corrected chi connectivity index (χ0v) is 16.5. The molecule has 0 radical (unpaired) electrons. The lowest BCUT2D eigenvalue weighted by molar-refractivity contribution is -0.127. The Morgan fingerprint density at radius 3 is 2.30 bits per heavy atom. The molecule has 146 valence electrons. The van der Waals surface area contributed by atoms with Crippen LogP contribution in [0.1, 0.15) is 20.8 Å². The molecular weight excluding hydrogens is 366 g/mol. The zero-order chi connectivity index (χ0) is 20.0. The van der Waals surface area contributed by atoms with Crippen molar-refractivity contribution in [1.82, 2.24) is 15.4 Å². The fourth-order valence-electron chi connectivity index (χ4n) is 2.60. The number of benzene rings is 2. The van der Waals surface area contributed by atoms with Gasteiger partial charge in [0.25, 0.3) is 0 Å². The molecule has 0 spiro atoms. The van der Waals surface area contributed by atoms with Crippen LogP contribution in [0.15, 0.2) is 47.4 Å². The summed E-state index contributed by atoms with van der Waals surface area (Å²) in [6, 6.07) is 11.2.